The molecule has 2 aromatic rings. The summed E-state index contributed by atoms with van der Waals surface area (Å²) in [6.45, 7) is 3.55. The monoisotopic (exact) mass is 412 g/mol. The predicted octanol–water partition coefficient (Wildman–Crippen LogP) is 3.32. The second-order valence-electron chi connectivity index (χ2n) is 8.39. The van der Waals surface area contributed by atoms with Crippen molar-refractivity contribution in [2.45, 2.75) is 39.2 Å². The molecule has 2 aliphatic rings. The number of Topliss-reactive ketones (excluding diaryl/α,β-unsaturated/α-hetero) is 1. The van der Waals surface area contributed by atoms with Gasteiger partial charge in [-0.25, -0.2) is 0 Å². The molecule has 1 aromatic heterocycles. The van der Waals surface area contributed by atoms with E-state index < -0.39 is 18.0 Å². The third-order valence-electron chi connectivity index (χ3n) is 5.50. The Hall–Kier alpha value is -3.06. The number of carbonyl (C=O) groups is 1. The molecule has 0 amide bonds. The molecule has 0 saturated carbocycles. The number of carbonyl (C=O) groups excluding carboxylic acids is 1. The number of rotatable bonds is 4. The number of benzene rings is 1. The molecule has 7 nitrogen and oxygen atoms in total. The zero-order chi connectivity index (χ0) is 21.6. The molecule has 1 aromatic carbocycles. The van der Waals surface area contributed by atoms with Crippen molar-refractivity contribution in [2.24, 2.45) is 5.41 Å². The quantitative estimate of drug-likeness (QED) is 0.823. The molecule has 1 aliphatic carbocycles. The van der Waals surface area contributed by atoms with E-state index in [0.29, 0.717) is 41.2 Å². The SMILES string of the molecule is COc1cc(OC)cc(C2C3=C(CC(C)(C)CC3=O)Oc3c2oc(CO)cc3=O)c1. The highest BCUT2D eigenvalue weighted by molar-refractivity contribution is 6.00. The van der Waals surface area contributed by atoms with Gasteiger partial charge in [0.05, 0.1) is 20.1 Å². The number of fused-ring (bicyclic) bond motifs is 1. The molecule has 30 heavy (non-hydrogen) atoms. The first-order valence-electron chi connectivity index (χ1n) is 9.71. The number of hydrogen-bond donors (Lipinski definition) is 1. The largest absolute Gasteiger partial charge is 0.497 e. The molecule has 158 valence electrons. The smallest absolute Gasteiger partial charge is 0.228 e. The zero-order valence-corrected chi connectivity index (χ0v) is 17.4. The average molecular weight is 412 g/mol. The van der Waals surface area contributed by atoms with Gasteiger partial charge in [-0.05, 0) is 23.1 Å². The molecule has 0 fully saturated rings. The highest BCUT2D eigenvalue weighted by Gasteiger charge is 2.44. The molecule has 1 aliphatic heterocycles. The Bertz CT molecular complexity index is 1080. The fraction of sp³-hybridized carbons (Fsp3) is 0.391. The normalized spacial score (nSPS) is 19.6. The van der Waals surface area contributed by atoms with E-state index in [-0.39, 0.29) is 28.5 Å². The van der Waals surface area contributed by atoms with Crippen LogP contribution in [0.5, 0.6) is 17.2 Å². The standard InChI is InChI=1S/C23H24O7/c1-23(2)9-17(26)20-18(10-23)30-21-16(25)8-15(11-24)29-22(21)19(20)12-5-13(27-3)7-14(6-12)28-4/h5-8,19,24H,9-11H2,1-4H3. The van der Waals surface area contributed by atoms with Crippen molar-refractivity contribution in [2.75, 3.05) is 14.2 Å². The summed E-state index contributed by atoms with van der Waals surface area (Å²) in [4.78, 5) is 25.9. The molecular weight excluding hydrogens is 388 g/mol. The first-order chi connectivity index (χ1) is 14.3. The summed E-state index contributed by atoms with van der Waals surface area (Å²) in [6, 6.07) is 6.51. The number of ether oxygens (including phenoxy) is 3. The average Bonchev–Trinajstić information content (AvgIpc) is 2.71. The number of hydrogen-bond acceptors (Lipinski definition) is 7. The lowest BCUT2D eigenvalue weighted by molar-refractivity contribution is -0.118. The molecule has 0 radical (unpaired) electrons. The highest BCUT2D eigenvalue weighted by atomic mass is 16.5. The summed E-state index contributed by atoms with van der Waals surface area (Å²) in [5.74, 6) is 1.20. The second kappa shape index (κ2) is 7.32. The van der Waals surface area contributed by atoms with Crippen LogP contribution in [0.15, 0.2) is 44.8 Å². The molecule has 0 saturated heterocycles. The maximum atomic E-state index is 13.2. The van der Waals surface area contributed by atoms with Crippen molar-refractivity contribution in [3.8, 4) is 17.2 Å². The highest BCUT2D eigenvalue weighted by Crippen LogP contribution is 2.50. The minimum absolute atomic E-state index is 0.0447. The second-order valence-corrected chi connectivity index (χ2v) is 8.39. The van der Waals surface area contributed by atoms with Gasteiger partial charge in [0.1, 0.15) is 29.6 Å². The third-order valence-corrected chi connectivity index (χ3v) is 5.50. The van der Waals surface area contributed by atoms with Crippen molar-refractivity contribution in [3.63, 3.8) is 0 Å². The van der Waals surface area contributed by atoms with Gasteiger partial charge in [-0.1, -0.05) is 13.8 Å². The Balaban J connectivity index is 2.01. The molecular formula is C23H24O7. The summed E-state index contributed by atoms with van der Waals surface area (Å²) >= 11 is 0. The van der Waals surface area contributed by atoms with Crippen molar-refractivity contribution in [1.29, 1.82) is 0 Å². The van der Waals surface area contributed by atoms with Gasteiger partial charge < -0.3 is 23.7 Å². The molecule has 4 rings (SSSR count). The minimum atomic E-state index is -0.671. The van der Waals surface area contributed by atoms with E-state index in [4.69, 9.17) is 18.6 Å². The van der Waals surface area contributed by atoms with Crippen LogP contribution in [0.4, 0.5) is 0 Å². The maximum absolute atomic E-state index is 13.2. The van der Waals surface area contributed by atoms with E-state index in [0.717, 1.165) is 0 Å². The maximum Gasteiger partial charge on any atom is 0.228 e. The van der Waals surface area contributed by atoms with E-state index >= 15 is 0 Å². The van der Waals surface area contributed by atoms with E-state index in [2.05, 4.69) is 0 Å². The van der Waals surface area contributed by atoms with Crippen LogP contribution in [0.2, 0.25) is 0 Å². The van der Waals surface area contributed by atoms with Gasteiger partial charge in [0.25, 0.3) is 0 Å². The van der Waals surface area contributed by atoms with Crippen LogP contribution < -0.4 is 19.6 Å². The fourth-order valence-corrected chi connectivity index (χ4v) is 4.18. The molecule has 7 heteroatoms. The van der Waals surface area contributed by atoms with Crippen molar-refractivity contribution in [1.82, 2.24) is 0 Å². The summed E-state index contributed by atoms with van der Waals surface area (Å²) in [5, 5.41) is 9.55. The molecule has 2 heterocycles. The lowest BCUT2D eigenvalue weighted by Crippen LogP contribution is -2.34. The Morgan fingerprint density at radius 1 is 1.07 bits per heavy atom. The van der Waals surface area contributed by atoms with E-state index in [9.17, 15) is 14.7 Å². The van der Waals surface area contributed by atoms with Gasteiger partial charge in [0, 0.05) is 30.5 Å². The topological polar surface area (TPSA) is 95.2 Å². The molecule has 1 atom stereocenters. The van der Waals surface area contributed by atoms with Crippen LogP contribution in [-0.4, -0.2) is 25.1 Å². The van der Waals surface area contributed by atoms with Gasteiger partial charge in [0.2, 0.25) is 11.2 Å². The molecule has 0 bridgehead atoms. The van der Waals surface area contributed by atoms with Crippen LogP contribution in [0.3, 0.4) is 0 Å². The van der Waals surface area contributed by atoms with Gasteiger partial charge >= 0.3 is 0 Å². The first-order valence-corrected chi connectivity index (χ1v) is 9.71. The van der Waals surface area contributed by atoms with E-state index in [1.54, 1.807) is 32.4 Å². The van der Waals surface area contributed by atoms with Crippen molar-refractivity contribution < 1.29 is 28.5 Å². The number of ketones is 1. The third kappa shape index (κ3) is 3.39. The van der Waals surface area contributed by atoms with Crippen LogP contribution >= 0.6 is 0 Å². The zero-order valence-electron chi connectivity index (χ0n) is 17.4. The predicted molar refractivity (Wildman–Crippen MR) is 108 cm³/mol. The Morgan fingerprint density at radius 2 is 1.73 bits per heavy atom. The van der Waals surface area contributed by atoms with Crippen LogP contribution in [-0.2, 0) is 11.4 Å². The van der Waals surface area contributed by atoms with E-state index in [1.807, 2.05) is 13.8 Å². The minimum Gasteiger partial charge on any atom is -0.497 e. The number of allylic oxidation sites excluding steroid dienone is 2. The summed E-state index contributed by atoms with van der Waals surface area (Å²) < 4.78 is 22.6. The van der Waals surface area contributed by atoms with Gasteiger partial charge in [-0.15, -0.1) is 0 Å². The molecule has 0 spiro atoms. The van der Waals surface area contributed by atoms with Crippen LogP contribution in [0, 0.1) is 5.41 Å². The van der Waals surface area contributed by atoms with Gasteiger partial charge in [0.15, 0.2) is 11.5 Å². The van der Waals surface area contributed by atoms with Crippen molar-refractivity contribution >= 4 is 5.78 Å². The molecule has 1 N–H and O–H groups in total. The summed E-state index contributed by atoms with van der Waals surface area (Å²) in [6.07, 6.45) is 0.873. The lowest BCUT2D eigenvalue weighted by atomic mass is 9.71. The summed E-state index contributed by atoms with van der Waals surface area (Å²) in [5.41, 5.74) is 0.461. The van der Waals surface area contributed by atoms with E-state index in [1.165, 1.54) is 6.07 Å². The Kier molecular flexibility index (Phi) is 4.94. The summed E-state index contributed by atoms with van der Waals surface area (Å²) in [7, 11) is 3.08. The van der Waals surface area contributed by atoms with Gasteiger partial charge in [-0.2, -0.15) is 0 Å². The Labute approximate surface area is 173 Å². The molecule has 1 unspecified atom stereocenters. The number of aliphatic hydroxyl groups is 1. The number of aliphatic hydroxyl groups excluding tert-OH is 1. The fourth-order valence-electron chi connectivity index (χ4n) is 4.18. The van der Waals surface area contributed by atoms with Crippen LogP contribution in [0.25, 0.3) is 0 Å². The first kappa shape index (κ1) is 20.2. The van der Waals surface area contributed by atoms with Crippen LogP contribution in [0.1, 0.15) is 49.7 Å². The van der Waals surface area contributed by atoms with Crippen molar-refractivity contribution in [3.05, 3.63) is 62.9 Å². The number of methoxy groups -OCH3 is 2. The van der Waals surface area contributed by atoms with Gasteiger partial charge in [-0.3, -0.25) is 9.59 Å². The lowest BCUT2D eigenvalue weighted by Gasteiger charge is -2.37. The Morgan fingerprint density at radius 3 is 2.33 bits per heavy atom.